The van der Waals surface area contributed by atoms with Crippen molar-refractivity contribution in [2.24, 2.45) is 5.92 Å². The molecule has 0 amide bonds. The van der Waals surface area contributed by atoms with Crippen LogP contribution in [-0.4, -0.2) is 43.7 Å². The molecule has 6 nitrogen and oxygen atoms in total. The smallest absolute Gasteiger partial charge is 0.163 e. The van der Waals surface area contributed by atoms with E-state index < -0.39 is 11.9 Å². The highest BCUT2D eigenvalue weighted by atomic mass is 16.8. The van der Waals surface area contributed by atoms with Gasteiger partial charge in [-0.05, 0) is 40.2 Å². The summed E-state index contributed by atoms with van der Waals surface area (Å²) >= 11 is 0. The third kappa shape index (κ3) is 2.28. The Morgan fingerprint density at radius 3 is 2.78 bits per heavy atom. The molecule has 1 aliphatic heterocycles. The maximum Gasteiger partial charge on any atom is 0.163 e. The number of nitrogens with zero attached hydrogens (tertiary/aromatic N) is 3. The number of aliphatic hydroxyl groups is 1. The van der Waals surface area contributed by atoms with E-state index in [-0.39, 0.29) is 24.2 Å². The second-order valence-electron chi connectivity index (χ2n) is 7.19. The number of hydrogen-bond acceptors (Lipinski definition) is 5. The Morgan fingerprint density at radius 2 is 2.04 bits per heavy atom. The molecule has 2 aromatic rings. The number of aromatic nitrogens is 3. The largest absolute Gasteiger partial charge is 0.393 e. The second-order valence-corrected chi connectivity index (χ2v) is 7.19. The molecule has 5 atom stereocenters. The molecule has 6 heteroatoms. The highest BCUT2D eigenvalue weighted by Gasteiger charge is 2.55. The van der Waals surface area contributed by atoms with Crippen LogP contribution in [0.15, 0.2) is 18.6 Å². The standard InChI is InChI=1S/C17H23N3O3/c1-9-11-5-6-20(16(11)19-8-18-9)13-7-12(10(2)21)14-15(13)23-17(3,4)22-14/h5-6,8,10,12-15,21H,7H2,1-4H3/t10-,12+,13+,14+,15-/m0/s1. The molecule has 1 saturated heterocycles. The molecule has 1 N–H and O–H groups in total. The lowest BCUT2D eigenvalue weighted by atomic mass is 9.99. The van der Waals surface area contributed by atoms with E-state index in [1.54, 1.807) is 6.33 Å². The van der Waals surface area contributed by atoms with Crippen LogP contribution < -0.4 is 0 Å². The molecule has 1 saturated carbocycles. The molecule has 124 valence electrons. The SMILES string of the molecule is Cc1ncnc2c1ccn2[C@@H]1C[C@H]([C@H](C)O)[C@H]2OC(C)(C)O[C@H]21. The van der Waals surface area contributed by atoms with Gasteiger partial charge in [0.1, 0.15) is 18.1 Å². The normalized spacial score (nSPS) is 34.0. The first kappa shape index (κ1) is 15.1. The van der Waals surface area contributed by atoms with Crippen molar-refractivity contribution < 1.29 is 14.6 Å². The molecule has 2 aromatic heterocycles. The molecule has 2 aliphatic rings. The predicted octanol–water partition coefficient (Wildman–Crippen LogP) is 2.20. The van der Waals surface area contributed by atoms with E-state index in [1.165, 1.54) is 0 Å². The first-order chi connectivity index (χ1) is 10.9. The van der Waals surface area contributed by atoms with E-state index in [4.69, 9.17) is 9.47 Å². The summed E-state index contributed by atoms with van der Waals surface area (Å²) in [6, 6.07) is 2.16. The number of ether oxygens (including phenoxy) is 2. The van der Waals surface area contributed by atoms with Crippen molar-refractivity contribution in [3.8, 4) is 0 Å². The van der Waals surface area contributed by atoms with E-state index in [0.29, 0.717) is 0 Å². The van der Waals surface area contributed by atoms with Crippen molar-refractivity contribution >= 4 is 11.0 Å². The molecule has 23 heavy (non-hydrogen) atoms. The van der Waals surface area contributed by atoms with Gasteiger partial charge in [-0.1, -0.05) is 0 Å². The molecule has 0 unspecified atom stereocenters. The van der Waals surface area contributed by atoms with E-state index in [0.717, 1.165) is 23.1 Å². The number of aryl methyl sites for hydroxylation is 1. The second kappa shape index (κ2) is 5.00. The van der Waals surface area contributed by atoms with Crippen LogP contribution in [-0.2, 0) is 9.47 Å². The van der Waals surface area contributed by atoms with Crippen LogP contribution >= 0.6 is 0 Å². The van der Waals surface area contributed by atoms with Crippen LogP contribution in [0.2, 0.25) is 0 Å². The Morgan fingerprint density at radius 1 is 1.30 bits per heavy atom. The zero-order chi connectivity index (χ0) is 16.4. The van der Waals surface area contributed by atoms with Crippen LogP contribution in [0.25, 0.3) is 11.0 Å². The predicted molar refractivity (Wildman–Crippen MR) is 84.9 cm³/mol. The maximum atomic E-state index is 10.2. The zero-order valence-electron chi connectivity index (χ0n) is 13.9. The summed E-state index contributed by atoms with van der Waals surface area (Å²) in [5.74, 6) is -0.554. The van der Waals surface area contributed by atoms with Crippen LogP contribution in [0, 0.1) is 12.8 Å². The van der Waals surface area contributed by atoms with Crippen molar-refractivity contribution in [2.45, 2.75) is 64.3 Å². The molecular weight excluding hydrogens is 294 g/mol. The van der Waals surface area contributed by atoms with Gasteiger partial charge in [-0.2, -0.15) is 0 Å². The molecule has 1 aliphatic carbocycles. The zero-order valence-corrected chi connectivity index (χ0v) is 13.9. The lowest BCUT2D eigenvalue weighted by molar-refractivity contribution is -0.164. The molecule has 2 fully saturated rings. The van der Waals surface area contributed by atoms with E-state index in [2.05, 4.69) is 20.6 Å². The quantitative estimate of drug-likeness (QED) is 0.919. The summed E-state index contributed by atoms with van der Waals surface area (Å²) in [7, 11) is 0. The third-order valence-corrected chi connectivity index (χ3v) is 5.16. The minimum absolute atomic E-state index is 0.0622. The number of hydrogen-bond donors (Lipinski definition) is 1. The van der Waals surface area contributed by atoms with Crippen molar-refractivity contribution in [1.29, 1.82) is 0 Å². The summed E-state index contributed by atoms with van der Waals surface area (Å²) < 4.78 is 14.4. The van der Waals surface area contributed by atoms with E-state index >= 15 is 0 Å². The Hall–Kier alpha value is -1.50. The Kier molecular flexibility index (Phi) is 3.27. The van der Waals surface area contributed by atoms with Gasteiger partial charge in [0.2, 0.25) is 0 Å². The van der Waals surface area contributed by atoms with Crippen LogP contribution in [0.1, 0.15) is 38.9 Å². The average molecular weight is 317 g/mol. The minimum atomic E-state index is -0.616. The fraction of sp³-hybridized carbons (Fsp3) is 0.647. The lowest BCUT2D eigenvalue weighted by Crippen LogP contribution is -2.31. The van der Waals surface area contributed by atoms with Crippen LogP contribution in [0.4, 0.5) is 0 Å². The van der Waals surface area contributed by atoms with Gasteiger partial charge in [-0.15, -0.1) is 0 Å². The molecular formula is C17H23N3O3. The molecule has 4 rings (SSSR count). The summed E-state index contributed by atoms with van der Waals surface area (Å²) in [5, 5.41) is 11.2. The molecule has 0 bridgehead atoms. The maximum absolute atomic E-state index is 10.2. The van der Waals surface area contributed by atoms with Gasteiger partial charge < -0.3 is 19.1 Å². The number of fused-ring (bicyclic) bond motifs is 2. The number of rotatable bonds is 2. The van der Waals surface area contributed by atoms with Crippen molar-refractivity contribution in [3.63, 3.8) is 0 Å². The van der Waals surface area contributed by atoms with Gasteiger partial charge >= 0.3 is 0 Å². The molecule has 0 spiro atoms. The van der Waals surface area contributed by atoms with Crippen LogP contribution in [0.3, 0.4) is 0 Å². The van der Waals surface area contributed by atoms with Crippen molar-refractivity contribution in [2.75, 3.05) is 0 Å². The lowest BCUT2D eigenvalue weighted by Gasteiger charge is -2.25. The average Bonchev–Trinajstić information content (AvgIpc) is 3.09. The van der Waals surface area contributed by atoms with Gasteiger partial charge in [-0.3, -0.25) is 0 Å². The summed E-state index contributed by atoms with van der Waals surface area (Å²) in [6.07, 6.45) is 3.88. The molecule has 3 heterocycles. The van der Waals surface area contributed by atoms with Gasteiger partial charge in [0.05, 0.1) is 23.9 Å². The van der Waals surface area contributed by atoms with Crippen molar-refractivity contribution in [3.05, 3.63) is 24.3 Å². The Balaban J connectivity index is 1.77. The highest BCUT2D eigenvalue weighted by molar-refractivity contribution is 5.78. The third-order valence-electron chi connectivity index (χ3n) is 5.16. The summed E-state index contributed by atoms with van der Waals surface area (Å²) in [5.41, 5.74) is 1.89. The van der Waals surface area contributed by atoms with Gasteiger partial charge in [0.15, 0.2) is 5.79 Å². The summed E-state index contributed by atoms with van der Waals surface area (Å²) in [4.78, 5) is 8.72. The van der Waals surface area contributed by atoms with Crippen molar-refractivity contribution in [1.82, 2.24) is 14.5 Å². The van der Waals surface area contributed by atoms with Gasteiger partial charge in [0, 0.05) is 17.5 Å². The van der Waals surface area contributed by atoms with E-state index in [9.17, 15) is 5.11 Å². The first-order valence-corrected chi connectivity index (χ1v) is 8.19. The monoisotopic (exact) mass is 317 g/mol. The Bertz CT molecular complexity index is 740. The van der Waals surface area contributed by atoms with E-state index in [1.807, 2.05) is 33.9 Å². The number of aliphatic hydroxyl groups excluding tert-OH is 1. The molecule has 0 radical (unpaired) electrons. The topological polar surface area (TPSA) is 69.4 Å². The van der Waals surface area contributed by atoms with Crippen LogP contribution in [0.5, 0.6) is 0 Å². The fourth-order valence-electron chi connectivity index (χ4n) is 4.10. The van der Waals surface area contributed by atoms with Gasteiger partial charge in [-0.25, -0.2) is 9.97 Å². The molecule has 0 aromatic carbocycles. The fourth-order valence-corrected chi connectivity index (χ4v) is 4.10. The van der Waals surface area contributed by atoms with Gasteiger partial charge in [0.25, 0.3) is 0 Å². The minimum Gasteiger partial charge on any atom is -0.393 e. The highest BCUT2D eigenvalue weighted by Crippen LogP contribution is 2.48. The Labute approximate surface area is 135 Å². The summed E-state index contributed by atoms with van der Waals surface area (Å²) in [6.45, 7) is 7.69. The first-order valence-electron chi connectivity index (χ1n) is 8.19.